The molecule has 1 aliphatic heterocycles. The first-order chi connectivity index (χ1) is 14.3. The van der Waals surface area contributed by atoms with Crippen molar-refractivity contribution in [3.05, 3.63) is 47.5 Å². The first-order valence-corrected chi connectivity index (χ1v) is 11.1. The van der Waals surface area contributed by atoms with Crippen molar-refractivity contribution >= 4 is 5.78 Å². The maximum absolute atomic E-state index is 12.9. The van der Waals surface area contributed by atoms with E-state index in [-0.39, 0.29) is 5.78 Å². The molecule has 4 heteroatoms. The molecule has 1 N–H and O–H groups in total. The third-order valence-electron chi connectivity index (χ3n) is 5.91. The van der Waals surface area contributed by atoms with Crippen molar-refractivity contribution < 1.29 is 14.3 Å². The number of rotatable bonds is 9. The van der Waals surface area contributed by atoms with E-state index in [1.165, 1.54) is 19.3 Å². The second-order valence-electron chi connectivity index (χ2n) is 8.03. The largest absolute Gasteiger partial charge is 0.493 e. The van der Waals surface area contributed by atoms with Crippen LogP contribution in [0, 0.1) is 0 Å². The van der Waals surface area contributed by atoms with Gasteiger partial charge in [-0.15, -0.1) is 0 Å². The van der Waals surface area contributed by atoms with E-state index in [9.17, 15) is 4.79 Å². The highest BCUT2D eigenvalue weighted by Crippen LogP contribution is 2.47. The van der Waals surface area contributed by atoms with Crippen molar-refractivity contribution in [1.82, 2.24) is 5.32 Å². The summed E-state index contributed by atoms with van der Waals surface area (Å²) in [6.45, 7) is 4.61. The summed E-state index contributed by atoms with van der Waals surface area (Å²) in [6.07, 6.45) is 8.10. The molecule has 1 unspecified atom stereocenters. The fourth-order valence-electron chi connectivity index (χ4n) is 4.35. The predicted molar refractivity (Wildman–Crippen MR) is 116 cm³/mol. The molecule has 154 valence electrons. The Morgan fingerprint density at radius 3 is 2.17 bits per heavy atom. The number of hydrogen-bond donors (Lipinski definition) is 1. The van der Waals surface area contributed by atoms with E-state index in [2.05, 4.69) is 12.2 Å². The van der Waals surface area contributed by atoms with Gasteiger partial charge in [0.05, 0.1) is 13.2 Å². The lowest BCUT2D eigenvalue weighted by Gasteiger charge is -2.23. The number of fused-ring (bicyclic) bond motifs is 3. The standard InChI is InChI=1S/C25H31NO3/c1-2-3-16-28-21-13-6-11-19-23(21)24-20(25(19)27)12-7-14-22(24)29-17-8-10-18-9-4-5-15-26-18/h6-7,11-14,18,26H,2-5,8-10,15-17H2,1H3. The first kappa shape index (κ1) is 20.0. The number of hydrogen-bond acceptors (Lipinski definition) is 4. The number of benzene rings is 2. The van der Waals surface area contributed by atoms with Gasteiger partial charge in [-0.1, -0.05) is 44.0 Å². The van der Waals surface area contributed by atoms with Crippen LogP contribution < -0.4 is 14.8 Å². The second-order valence-corrected chi connectivity index (χ2v) is 8.03. The molecule has 0 aromatic heterocycles. The number of ketones is 1. The Kier molecular flexibility index (Phi) is 6.50. The Hall–Kier alpha value is -2.33. The molecule has 1 atom stereocenters. The SMILES string of the molecule is CCCCOc1cccc2c1-c1c(OCCCC3CCCCN3)cccc1C2=O. The zero-order valence-electron chi connectivity index (χ0n) is 17.3. The number of nitrogens with one attached hydrogen (secondary N) is 1. The van der Waals surface area contributed by atoms with Crippen LogP contribution in [0.15, 0.2) is 36.4 Å². The molecule has 1 fully saturated rings. The second kappa shape index (κ2) is 9.45. The van der Waals surface area contributed by atoms with Crippen molar-refractivity contribution in [2.75, 3.05) is 19.8 Å². The Labute approximate surface area is 173 Å². The summed E-state index contributed by atoms with van der Waals surface area (Å²) < 4.78 is 12.2. The molecule has 4 nitrogen and oxygen atoms in total. The monoisotopic (exact) mass is 393 g/mol. The summed E-state index contributed by atoms with van der Waals surface area (Å²) in [6, 6.07) is 12.2. The third kappa shape index (κ3) is 4.32. The van der Waals surface area contributed by atoms with Crippen LogP contribution in [0.4, 0.5) is 0 Å². The summed E-state index contributed by atoms with van der Waals surface area (Å²) in [4.78, 5) is 12.9. The normalized spacial score (nSPS) is 17.7. The molecule has 0 saturated carbocycles. The number of unbranched alkanes of at least 4 members (excludes halogenated alkanes) is 1. The lowest BCUT2D eigenvalue weighted by molar-refractivity contribution is 0.104. The highest BCUT2D eigenvalue weighted by Gasteiger charge is 2.32. The van der Waals surface area contributed by atoms with Gasteiger partial charge in [0, 0.05) is 28.3 Å². The van der Waals surface area contributed by atoms with E-state index in [0.717, 1.165) is 66.0 Å². The van der Waals surface area contributed by atoms with Crippen molar-refractivity contribution in [2.24, 2.45) is 0 Å². The lowest BCUT2D eigenvalue weighted by atomic mass is 10.0. The van der Waals surface area contributed by atoms with E-state index >= 15 is 0 Å². The van der Waals surface area contributed by atoms with Gasteiger partial charge in [0.1, 0.15) is 11.5 Å². The maximum Gasteiger partial charge on any atom is 0.194 e. The summed E-state index contributed by atoms with van der Waals surface area (Å²) in [7, 11) is 0. The van der Waals surface area contributed by atoms with Gasteiger partial charge in [-0.05, 0) is 50.8 Å². The minimum Gasteiger partial charge on any atom is -0.493 e. The quantitative estimate of drug-likeness (QED) is 0.496. The highest BCUT2D eigenvalue weighted by molar-refractivity contribution is 6.23. The van der Waals surface area contributed by atoms with Gasteiger partial charge < -0.3 is 14.8 Å². The van der Waals surface area contributed by atoms with Gasteiger partial charge in [0.25, 0.3) is 0 Å². The van der Waals surface area contributed by atoms with Crippen molar-refractivity contribution in [2.45, 2.75) is 57.9 Å². The van der Waals surface area contributed by atoms with Gasteiger partial charge in [-0.2, -0.15) is 0 Å². The van der Waals surface area contributed by atoms with Crippen LogP contribution in [-0.2, 0) is 0 Å². The molecule has 4 rings (SSSR count). The minimum absolute atomic E-state index is 0.0628. The highest BCUT2D eigenvalue weighted by atomic mass is 16.5. The Morgan fingerprint density at radius 1 is 0.931 bits per heavy atom. The van der Waals surface area contributed by atoms with Crippen LogP contribution in [0.5, 0.6) is 11.5 Å². The van der Waals surface area contributed by atoms with E-state index in [0.29, 0.717) is 19.3 Å². The molecule has 29 heavy (non-hydrogen) atoms. The van der Waals surface area contributed by atoms with Gasteiger partial charge in [-0.25, -0.2) is 0 Å². The number of carbonyl (C=O) groups is 1. The van der Waals surface area contributed by atoms with Crippen LogP contribution in [0.3, 0.4) is 0 Å². The van der Waals surface area contributed by atoms with Crippen LogP contribution >= 0.6 is 0 Å². The molecule has 0 amide bonds. The Bertz CT molecular complexity index is 855. The van der Waals surface area contributed by atoms with E-state index in [1.54, 1.807) is 0 Å². The lowest BCUT2D eigenvalue weighted by Crippen LogP contribution is -2.34. The van der Waals surface area contributed by atoms with Gasteiger partial charge >= 0.3 is 0 Å². The smallest absolute Gasteiger partial charge is 0.194 e. The fraction of sp³-hybridized carbons (Fsp3) is 0.480. The molecule has 0 bridgehead atoms. The molecule has 2 aromatic rings. The molecule has 2 aliphatic rings. The third-order valence-corrected chi connectivity index (χ3v) is 5.91. The zero-order valence-corrected chi connectivity index (χ0v) is 17.3. The van der Waals surface area contributed by atoms with Crippen LogP contribution in [-0.4, -0.2) is 31.6 Å². The van der Waals surface area contributed by atoms with Gasteiger partial charge in [-0.3, -0.25) is 4.79 Å². The predicted octanol–water partition coefficient (Wildman–Crippen LogP) is 5.38. The zero-order chi connectivity index (χ0) is 20.1. The Morgan fingerprint density at radius 2 is 1.59 bits per heavy atom. The number of carbonyl (C=O) groups excluding carboxylic acids is 1. The molecule has 0 radical (unpaired) electrons. The Balaban J connectivity index is 1.51. The van der Waals surface area contributed by atoms with E-state index < -0.39 is 0 Å². The fourth-order valence-corrected chi connectivity index (χ4v) is 4.35. The summed E-state index contributed by atoms with van der Waals surface area (Å²) in [5.74, 6) is 1.64. The first-order valence-electron chi connectivity index (χ1n) is 11.1. The van der Waals surface area contributed by atoms with E-state index in [4.69, 9.17) is 9.47 Å². The molecule has 0 spiro atoms. The van der Waals surface area contributed by atoms with Gasteiger partial charge in [0.2, 0.25) is 0 Å². The molecule has 1 aliphatic carbocycles. The van der Waals surface area contributed by atoms with Crippen molar-refractivity contribution in [3.63, 3.8) is 0 Å². The average Bonchev–Trinajstić information content (AvgIpc) is 3.06. The van der Waals surface area contributed by atoms with Crippen molar-refractivity contribution in [3.8, 4) is 22.6 Å². The molecular formula is C25H31NO3. The summed E-state index contributed by atoms with van der Waals surface area (Å²) in [5, 5.41) is 3.59. The van der Waals surface area contributed by atoms with Gasteiger partial charge in [0.15, 0.2) is 5.78 Å². The molecular weight excluding hydrogens is 362 g/mol. The van der Waals surface area contributed by atoms with Crippen molar-refractivity contribution in [1.29, 1.82) is 0 Å². The van der Waals surface area contributed by atoms with Crippen LogP contribution in [0.2, 0.25) is 0 Å². The van der Waals surface area contributed by atoms with E-state index in [1.807, 2.05) is 36.4 Å². The maximum atomic E-state index is 12.9. The summed E-state index contributed by atoms with van der Waals surface area (Å²) >= 11 is 0. The average molecular weight is 394 g/mol. The minimum atomic E-state index is 0.0628. The van der Waals surface area contributed by atoms with Crippen LogP contribution in [0.1, 0.15) is 67.8 Å². The summed E-state index contributed by atoms with van der Waals surface area (Å²) in [5.41, 5.74) is 3.23. The number of ether oxygens (including phenoxy) is 2. The number of piperidine rings is 1. The molecule has 1 saturated heterocycles. The topological polar surface area (TPSA) is 47.6 Å². The van der Waals surface area contributed by atoms with Crippen LogP contribution in [0.25, 0.3) is 11.1 Å². The molecule has 1 heterocycles. The molecule has 2 aromatic carbocycles.